The van der Waals surface area contributed by atoms with Crippen molar-refractivity contribution in [2.75, 3.05) is 6.61 Å². The zero-order chi connectivity index (χ0) is 23.7. The second-order valence-corrected chi connectivity index (χ2v) is 7.81. The summed E-state index contributed by atoms with van der Waals surface area (Å²) in [6.45, 7) is 3.65. The molecule has 1 atom stereocenters. The van der Waals surface area contributed by atoms with E-state index in [4.69, 9.17) is 16.3 Å². The first-order valence-electron chi connectivity index (χ1n) is 10.3. The number of aromatic amines is 1. The number of para-hydroxylation sites is 1. The monoisotopic (exact) mass is 468 g/mol. The van der Waals surface area contributed by atoms with Crippen LogP contribution in [0.5, 0.6) is 11.6 Å². The lowest BCUT2D eigenvalue weighted by Gasteiger charge is -2.22. The van der Waals surface area contributed by atoms with Gasteiger partial charge in [0.1, 0.15) is 11.3 Å². The quantitative estimate of drug-likeness (QED) is 0.597. The van der Waals surface area contributed by atoms with Crippen molar-refractivity contribution in [3.63, 3.8) is 0 Å². The molecule has 170 valence electrons. The van der Waals surface area contributed by atoms with Crippen molar-refractivity contribution < 1.29 is 14.6 Å². The molecule has 9 nitrogen and oxygen atoms in total. The molecule has 2 heterocycles. The van der Waals surface area contributed by atoms with Gasteiger partial charge < -0.3 is 9.84 Å². The summed E-state index contributed by atoms with van der Waals surface area (Å²) in [6, 6.07) is 13.0. The molecular formula is C23H21ClN4O5. The molecule has 0 saturated carbocycles. The molecule has 1 amide bonds. The van der Waals surface area contributed by atoms with Crippen molar-refractivity contribution in [1.82, 2.24) is 14.6 Å². The van der Waals surface area contributed by atoms with Crippen LogP contribution in [0.25, 0.3) is 5.69 Å². The zero-order valence-corrected chi connectivity index (χ0v) is 18.7. The lowest BCUT2D eigenvalue weighted by Crippen LogP contribution is -2.33. The highest BCUT2D eigenvalue weighted by atomic mass is 35.5. The van der Waals surface area contributed by atoms with Crippen LogP contribution in [0, 0.1) is 0 Å². The standard InChI is InChI=1S/C23H21ClN4O5/c1-3-33-19-10-5-4-9-16(19)18-12-17(26-28(18)13(2)29)20-21(30)25-23(32)27(22(20)31)15-8-6-7-14(24)11-15/h4-11,18,31H,3,12H2,1-2H3,(H,25,30,32)/t18-/m1/s1. The van der Waals surface area contributed by atoms with Gasteiger partial charge in [0, 0.05) is 23.9 Å². The number of halogens is 1. The second-order valence-electron chi connectivity index (χ2n) is 7.37. The van der Waals surface area contributed by atoms with Crippen molar-refractivity contribution in [3.05, 3.63) is 85.5 Å². The van der Waals surface area contributed by atoms with E-state index in [1.807, 2.05) is 25.1 Å². The first-order chi connectivity index (χ1) is 15.8. The number of carbonyl (C=O) groups is 1. The Kier molecular flexibility index (Phi) is 6.06. The Morgan fingerprint density at radius 3 is 2.70 bits per heavy atom. The van der Waals surface area contributed by atoms with Gasteiger partial charge in [-0.15, -0.1) is 0 Å². The maximum atomic E-state index is 12.7. The average Bonchev–Trinajstić information content (AvgIpc) is 3.19. The van der Waals surface area contributed by atoms with Crippen molar-refractivity contribution in [3.8, 4) is 17.3 Å². The summed E-state index contributed by atoms with van der Waals surface area (Å²) >= 11 is 6.03. The van der Waals surface area contributed by atoms with E-state index in [1.165, 1.54) is 18.0 Å². The normalized spacial score (nSPS) is 15.4. The second kappa shape index (κ2) is 8.95. The number of nitrogens with zero attached hydrogens (tertiary/aromatic N) is 3. The predicted octanol–water partition coefficient (Wildman–Crippen LogP) is 2.98. The third kappa shape index (κ3) is 4.14. The van der Waals surface area contributed by atoms with Crippen LogP contribution in [0.3, 0.4) is 0 Å². The van der Waals surface area contributed by atoms with Crippen LogP contribution in [0.2, 0.25) is 5.02 Å². The molecule has 0 aliphatic carbocycles. The molecule has 1 aliphatic rings. The van der Waals surface area contributed by atoms with Gasteiger partial charge in [-0.3, -0.25) is 14.6 Å². The van der Waals surface area contributed by atoms with Crippen LogP contribution in [0.4, 0.5) is 0 Å². The van der Waals surface area contributed by atoms with Crippen molar-refractivity contribution in [2.45, 2.75) is 26.3 Å². The number of nitrogens with one attached hydrogen (secondary N) is 1. The Morgan fingerprint density at radius 1 is 1.24 bits per heavy atom. The molecule has 2 aromatic carbocycles. The number of rotatable bonds is 5. The molecule has 0 spiro atoms. The highest BCUT2D eigenvalue weighted by molar-refractivity contribution is 6.30. The number of aromatic nitrogens is 2. The average molecular weight is 469 g/mol. The lowest BCUT2D eigenvalue weighted by molar-refractivity contribution is -0.130. The van der Waals surface area contributed by atoms with Crippen LogP contribution in [0.1, 0.15) is 37.4 Å². The van der Waals surface area contributed by atoms with Crippen LogP contribution < -0.4 is 16.0 Å². The van der Waals surface area contributed by atoms with E-state index >= 15 is 0 Å². The molecule has 33 heavy (non-hydrogen) atoms. The Morgan fingerprint density at radius 2 is 2.00 bits per heavy atom. The molecule has 1 aliphatic heterocycles. The van der Waals surface area contributed by atoms with Crippen LogP contribution in [-0.2, 0) is 4.79 Å². The molecule has 10 heteroatoms. The van der Waals surface area contributed by atoms with Gasteiger partial charge in [0.2, 0.25) is 11.8 Å². The highest BCUT2D eigenvalue weighted by Crippen LogP contribution is 2.38. The van der Waals surface area contributed by atoms with Gasteiger partial charge >= 0.3 is 5.69 Å². The van der Waals surface area contributed by atoms with Gasteiger partial charge in [-0.2, -0.15) is 5.10 Å². The van der Waals surface area contributed by atoms with E-state index < -0.39 is 23.2 Å². The summed E-state index contributed by atoms with van der Waals surface area (Å²) in [4.78, 5) is 39.8. The van der Waals surface area contributed by atoms with Gasteiger partial charge in [0.05, 0.1) is 24.0 Å². The number of aromatic hydroxyl groups is 1. The Balaban J connectivity index is 1.84. The fraction of sp³-hybridized carbons (Fsp3) is 0.217. The summed E-state index contributed by atoms with van der Waals surface area (Å²) < 4.78 is 6.64. The fourth-order valence-corrected chi connectivity index (χ4v) is 4.06. The smallest absolute Gasteiger partial charge is 0.335 e. The number of hydrazone groups is 1. The maximum absolute atomic E-state index is 12.7. The molecule has 2 N–H and O–H groups in total. The number of hydrogen-bond acceptors (Lipinski definition) is 6. The van der Waals surface area contributed by atoms with E-state index in [0.717, 1.165) is 4.57 Å². The molecule has 0 saturated heterocycles. The van der Waals surface area contributed by atoms with Gasteiger partial charge in [0.15, 0.2) is 0 Å². The third-order valence-corrected chi connectivity index (χ3v) is 5.49. The predicted molar refractivity (Wildman–Crippen MR) is 123 cm³/mol. The minimum absolute atomic E-state index is 0.133. The molecule has 0 radical (unpaired) electrons. The number of ether oxygens (including phenoxy) is 1. The molecule has 0 fully saturated rings. The molecule has 0 unspecified atom stereocenters. The number of amides is 1. The number of carbonyl (C=O) groups excluding carboxylic acids is 1. The van der Waals surface area contributed by atoms with Crippen molar-refractivity contribution >= 4 is 23.2 Å². The van der Waals surface area contributed by atoms with Gasteiger partial charge in [-0.05, 0) is 31.2 Å². The van der Waals surface area contributed by atoms with E-state index in [-0.39, 0.29) is 29.3 Å². The molecule has 4 rings (SSSR count). The number of H-pyrrole nitrogens is 1. The summed E-state index contributed by atoms with van der Waals surface area (Å²) in [5, 5.41) is 16.9. The summed E-state index contributed by atoms with van der Waals surface area (Å²) in [5.74, 6) is -0.345. The Bertz CT molecular complexity index is 1380. The van der Waals surface area contributed by atoms with Gasteiger partial charge in [-0.1, -0.05) is 35.9 Å². The van der Waals surface area contributed by atoms with E-state index in [2.05, 4.69) is 10.1 Å². The fourth-order valence-electron chi connectivity index (χ4n) is 3.88. The molecule has 0 bridgehead atoms. The van der Waals surface area contributed by atoms with Crippen LogP contribution in [-0.4, -0.2) is 37.9 Å². The minimum Gasteiger partial charge on any atom is -0.494 e. The Hall–Kier alpha value is -3.85. The maximum Gasteiger partial charge on any atom is 0.335 e. The topological polar surface area (TPSA) is 117 Å². The SMILES string of the molecule is CCOc1ccccc1[C@H]1CC(c2c(O)n(-c3cccc(Cl)c3)c(=O)[nH]c2=O)=NN1C(C)=O. The zero-order valence-electron chi connectivity index (χ0n) is 17.9. The first kappa shape index (κ1) is 22.3. The Labute approximate surface area is 193 Å². The number of hydrogen-bond donors (Lipinski definition) is 2. The molecular weight excluding hydrogens is 448 g/mol. The summed E-state index contributed by atoms with van der Waals surface area (Å²) in [7, 11) is 0. The molecule has 1 aromatic heterocycles. The van der Waals surface area contributed by atoms with Crippen molar-refractivity contribution in [1.29, 1.82) is 0 Å². The van der Waals surface area contributed by atoms with E-state index in [1.54, 1.807) is 24.3 Å². The van der Waals surface area contributed by atoms with E-state index in [9.17, 15) is 19.5 Å². The first-order valence-corrected chi connectivity index (χ1v) is 10.6. The van der Waals surface area contributed by atoms with Crippen LogP contribution >= 0.6 is 11.6 Å². The highest BCUT2D eigenvalue weighted by Gasteiger charge is 2.36. The van der Waals surface area contributed by atoms with E-state index in [0.29, 0.717) is 22.9 Å². The lowest BCUT2D eigenvalue weighted by atomic mass is 9.98. The van der Waals surface area contributed by atoms with Crippen LogP contribution in [0.15, 0.2) is 63.2 Å². The number of benzene rings is 2. The summed E-state index contributed by atoms with van der Waals surface area (Å²) in [5.41, 5.74) is -0.691. The minimum atomic E-state index is -0.830. The van der Waals surface area contributed by atoms with Gasteiger partial charge in [0.25, 0.3) is 5.56 Å². The van der Waals surface area contributed by atoms with Crippen molar-refractivity contribution in [2.24, 2.45) is 5.10 Å². The molecule has 3 aromatic rings. The largest absolute Gasteiger partial charge is 0.494 e. The van der Waals surface area contributed by atoms with Gasteiger partial charge in [-0.25, -0.2) is 14.4 Å². The third-order valence-electron chi connectivity index (χ3n) is 5.25. The summed E-state index contributed by atoms with van der Waals surface area (Å²) in [6.07, 6.45) is 0.133.